The van der Waals surface area contributed by atoms with E-state index < -0.39 is 0 Å². The predicted molar refractivity (Wildman–Crippen MR) is 126 cm³/mol. The van der Waals surface area contributed by atoms with Gasteiger partial charge in [-0.2, -0.15) is 0 Å². The van der Waals surface area contributed by atoms with Crippen LogP contribution in [0.4, 0.5) is 5.69 Å². The zero-order valence-electron chi connectivity index (χ0n) is 17.5. The van der Waals surface area contributed by atoms with Crippen LogP contribution >= 0.6 is 23.4 Å². The van der Waals surface area contributed by atoms with Gasteiger partial charge in [0.2, 0.25) is 0 Å². The van der Waals surface area contributed by atoms with Gasteiger partial charge in [0.15, 0.2) is 11.8 Å². The molecule has 2 aromatic carbocycles. The molecule has 32 heavy (non-hydrogen) atoms. The Hall–Kier alpha value is -2.81. The second kappa shape index (κ2) is 10.2. The lowest BCUT2D eigenvalue weighted by Crippen LogP contribution is -2.42. The van der Waals surface area contributed by atoms with Crippen LogP contribution in [0.15, 0.2) is 52.4 Å². The van der Waals surface area contributed by atoms with Gasteiger partial charge in [-0.3, -0.25) is 9.59 Å². The van der Waals surface area contributed by atoms with Crippen molar-refractivity contribution in [2.24, 2.45) is 4.99 Å². The molecule has 4 rings (SSSR count). The van der Waals surface area contributed by atoms with Gasteiger partial charge in [0.1, 0.15) is 5.75 Å². The Morgan fingerprint density at radius 2 is 2.00 bits per heavy atom. The molecular weight excluding hydrogens is 450 g/mol. The average Bonchev–Trinajstić information content (AvgIpc) is 3.14. The van der Waals surface area contributed by atoms with E-state index in [0.717, 1.165) is 16.8 Å². The largest absolute Gasteiger partial charge is 0.484 e. The number of carbonyl (C=O) groups is 2. The monoisotopic (exact) mass is 471 g/mol. The highest BCUT2D eigenvalue weighted by molar-refractivity contribution is 8.18. The smallest absolute Gasteiger partial charge is 0.264 e. The van der Waals surface area contributed by atoms with E-state index >= 15 is 0 Å². The van der Waals surface area contributed by atoms with Gasteiger partial charge in [0.05, 0.1) is 23.8 Å². The first kappa shape index (κ1) is 22.4. The molecule has 0 radical (unpaired) electrons. The van der Waals surface area contributed by atoms with Crippen LogP contribution in [0.25, 0.3) is 6.08 Å². The fourth-order valence-corrected chi connectivity index (χ4v) is 4.15. The third kappa shape index (κ3) is 5.70. The van der Waals surface area contributed by atoms with Crippen LogP contribution in [0.3, 0.4) is 0 Å². The van der Waals surface area contributed by atoms with Crippen LogP contribution in [0.5, 0.6) is 5.75 Å². The van der Waals surface area contributed by atoms with Crippen molar-refractivity contribution < 1.29 is 19.1 Å². The van der Waals surface area contributed by atoms with Gasteiger partial charge in [0, 0.05) is 18.1 Å². The number of amidine groups is 1. The van der Waals surface area contributed by atoms with Gasteiger partial charge >= 0.3 is 0 Å². The summed E-state index contributed by atoms with van der Waals surface area (Å²) in [7, 11) is 0. The molecule has 2 saturated heterocycles. The Balaban J connectivity index is 1.37. The molecule has 2 aliphatic heterocycles. The maximum atomic E-state index is 12.3. The molecule has 0 atom stereocenters. The molecule has 0 aromatic heterocycles. The number of morpholine rings is 1. The normalized spacial score (nSPS) is 18.8. The zero-order chi connectivity index (χ0) is 22.5. The highest BCUT2D eigenvalue weighted by atomic mass is 35.5. The molecule has 0 aliphatic carbocycles. The number of halogens is 1. The molecule has 0 bridgehead atoms. The maximum absolute atomic E-state index is 12.3. The van der Waals surface area contributed by atoms with Crippen molar-refractivity contribution in [3.63, 3.8) is 0 Å². The van der Waals surface area contributed by atoms with Gasteiger partial charge in [-0.25, -0.2) is 4.99 Å². The number of aryl methyl sites for hydroxylation is 1. The molecule has 2 fully saturated rings. The zero-order valence-corrected chi connectivity index (χ0v) is 19.0. The lowest BCUT2D eigenvalue weighted by Gasteiger charge is -2.26. The second-order valence-electron chi connectivity index (χ2n) is 7.26. The number of benzene rings is 2. The minimum atomic E-state index is -0.204. The molecule has 2 amide bonds. The molecule has 2 aromatic rings. The summed E-state index contributed by atoms with van der Waals surface area (Å²) in [6.45, 7) is 4.23. The summed E-state index contributed by atoms with van der Waals surface area (Å²) in [5.74, 6) is 0.334. The number of carbonyl (C=O) groups excluding carboxylic acids is 2. The van der Waals surface area contributed by atoms with Crippen LogP contribution in [0, 0.1) is 6.92 Å². The Kier molecular flexibility index (Phi) is 7.14. The molecule has 7 nitrogen and oxygen atoms in total. The molecule has 0 saturated carbocycles. The van der Waals surface area contributed by atoms with Crippen LogP contribution in [-0.2, 0) is 14.3 Å². The highest BCUT2D eigenvalue weighted by Crippen LogP contribution is 2.30. The number of nitrogens with one attached hydrogen (secondary N) is 1. The number of hydrogen-bond donors (Lipinski definition) is 1. The predicted octanol–water partition coefficient (Wildman–Crippen LogP) is 3.78. The Bertz CT molecular complexity index is 1080. The SMILES string of the molecule is Cc1ccc(Cl)cc1N=C1NC(=O)/C(=C/c2ccc(OCC(=O)N3CCOCC3)cc2)S1. The fraction of sp³-hybridized carbons (Fsp3) is 0.261. The maximum Gasteiger partial charge on any atom is 0.264 e. The Morgan fingerprint density at radius 3 is 2.75 bits per heavy atom. The van der Waals surface area contributed by atoms with Gasteiger partial charge in [-0.05, 0) is 60.2 Å². The molecule has 0 spiro atoms. The van der Waals surface area contributed by atoms with Crippen molar-refractivity contribution in [3.8, 4) is 5.75 Å². The van der Waals surface area contributed by atoms with Gasteiger partial charge < -0.3 is 19.7 Å². The molecule has 2 aliphatic rings. The van der Waals surface area contributed by atoms with Gasteiger partial charge in [-0.15, -0.1) is 0 Å². The number of nitrogens with zero attached hydrogens (tertiary/aromatic N) is 2. The first-order chi connectivity index (χ1) is 15.5. The van der Waals surface area contributed by atoms with E-state index in [0.29, 0.717) is 47.1 Å². The molecule has 9 heteroatoms. The van der Waals surface area contributed by atoms with Crippen LogP contribution < -0.4 is 10.1 Å². The first-order valence-electron chi connectivity index (χ1n) is 10.1. The van der Waals surface area contributed by atoms with Crippen LogP contribution in [0.1, 0.15) is 11.1 Å². The van der Waals surface area contributed by atoms with Crippen molar-refractivity contribution in [1.29, 1.82) is 0 Å². The summed E-state index contributed by atoms with van der Waals surface area (Å²) in [6.07, 6.45) is 1.79. The van der Waals surface area contributed by atoms with E-state index in [1.807, 2.05) is 25.1 Å². The van der Waals surface area contributed by atoms with E-state index in [9.17, 15) is 9.59 Å². The van der Waals surface area contributed by atoms with E-state index in [4.69, 9.17) is 21.1 Å². The number of hydrogen-bond acceptors (Lipinski definition) is 6. The first-order valence-corrected chi connectivity index (χ1v) is 11.3. The van der Waals surface area contributed by atoms with E-state index in [-0.39, 0.29) is 18.4 Å². The van der Waals surface area contributed by atoms with Crippen molar-refractivity contribution in [1.82, 2.24) is 10.2 Å². The summed E-state index contributed by atoms with van der Waals surface area (Å²) in [5.41, 5.74) is 2.53. The third-order valence-corrected chi connectivity index (χ3v) is 6.09. The van der Waals surface area contributed by atoms with E-state index in [1.54, 1.807) is 35.2 Å². The second-order valence-corrected chi connectivity index (χ2v) is 8.73. The number of rotatable bonds is 5. The molecular formula is C23H22ClN3O4S. The fourth-order valence-electron chi connectivity index (χ4n) is 3.15. The summed E-state index contributed by atoms with van der Waals surface area (Å²) in [6, 6.07) is 12.7. The Labute approximate surface area is 195 Å². The summed E-state index contributed by atoms with van der Waals surface area (Å²) < 4.78 is 10.9. The number of thioether (sulfide) groups is 1. The minimum Gasteiger partial charge on any atom is -0.484 e. The van der Waals surface area contributed by atoms with Crippen LogP contribution in [0.2, 0.25) is 5.02 Å². The van der Waals surface area contributed by atoms with Crippen molar-refractivity contribution in [3.05, 3.63) is 63.5 Å². The molecule has 1 N–H and O–H groups in total. The Morgan fingerprint density at radius 1 is 1.25 bits per heavy atom. The van der Waals surface area contributed by atoms with Crippen molar-refractivity contribution in [2.45, 2.75) is 6.92 Å². The minimum absolute atomic E-state index is 0.0125. The van der Waals surface area contributed by atoms with Gasteiger partial charge in [-0.1, -0.05) is 29.8 Å². The lowest BCUT2D eigenvalue weighted by molar-refractivity contribution is -0.137. The lowest BCUT2D eigenvalue weighted by atomic mass is 10.2. The summed E-state index contributed by atoms with van der Waals surface area (Å²) in [4.78, 5) is 31.3. The number of amides is 2. The number of ether oxygens (including phenoxy) is 2. The topological polar surface area (TPSA) is 80.2 Å². The standard InChI is InChI=1S/C23H22ClN3O4S/c1-15-2-5-17(24)13-19(15)25-23-26-22(29)20(32-23)12-16-3-6-18(7-4-16)31-14-21(28)27-8-10-30-11-9-27/h2-7,12-13H,8-11,14H2,1H3,(H,25,26,29)/b20-12-. The molecule has 0 unspecified atom stereocenters. The van der Waals surface area contributed by atoms with E-state index in [1.165, 1.54) is 11.8 Å². The molecule has 166 valence electrons. The van der Waals surface area contributed by atoms with Crippen LogP contribution in [-0.4, -0.2) is 54.8 Å². The van der Waals surface area contributed by atoms with Gasteiger partial charge in [0.25, 0.3) is 11.8 Å². The third-order valence-electron chi connectivity index (χ3n) is 4.95. The van der Waals surface area contributed by atoms with E-state index in [2.05, 4.69) is 10.3 Å². The highest BCUT2D eigenvalue weighted by Gasteiger charge is 2.24. The average molecular weight is 472 g/mol. The summed E-state index contributed by atoms with van der Waals surface area (Å²) >= 11 is 7.32. The van der Waals surface area contributed by atoms with Crippen molar-refractivity contribution >= 4 is 52.1 Å². The molecule has 2 heterocycles. The van der Waals surface area contributed by atoms with Crippen molar-refractivity contribution in [2.75, 3.05) is 32.9 Å². The summed E-state index contributed by atoms with van der Waals surface area (Å²) in [5, 5.41) is 3.88. The quantitative estimate of drug-likeness (QED) is 0.671. The number of aliphatic imine (C=N–C) groups is 1.